The van der Waals surface area contributed by atoms with E-state index < -0.39 is 23.7 Å². The number of carboxylic acids is 1. The van der Waals surface area contributed by atoms with Crippen molar-refractivity contribution in [2.75, 3.05) is 6.61 Å². The molecule has 6 nitrogen and oxygen atoms in total. The first-order valence-corrected chi connectivity index (χ1v) is 4.77. The Kier molecular flexibility index (Phi) is 5.54. The summed E-state index contributed by atoms with van der Waals surface area (Å²) in [5, 5.41) is 10.9. The predicted octanol–water partition coefficient (Wildman–Crippen LogP) is 0.771. The zero-order valence-corrected chi connectivity index (χ0v) is 10.1. The van der Waals surface area contributed by atoms with Crippen LogP contribution >= 0.6 is 9.47 Å². The van der Waals surface area contributed by atoms with Gasteiger partial charge in [-0.3, -0.25) is 0 Å². The van der Waals surface area contributed by atoms with E-state index in [0.717, 1.165) is 0 Å². The fraction of sp³-hybridized carbons (Fsp3) is 0.750. The quantitative estimate of drug-likeness (QED) is 0.705. The summed E-state index contributed by atoms with van der Waals surface area (Å²) in [6.07, 6.45) is -0.781. The molecule has 0 heterocycles. The smallest absolute Gasteiger partial charge is 0.408 e. The van der Waals surface area contributed by atoms with Crippen LogP contribution in [0, 0.1) is 0 Å². The highest BCUT2D eigenvalue weighted by Gasteiger charge is 2.23. The maximum atomic E-state index is 11.2. The van der Waals surface area contributed by atoms with Gasteiger partial charge in [0.15, 0.2) is 6.04 Å². The molecule has 0 aromatic carbocycles. The van der Waals surface area contributed by atoms with Gasteiger partial charge in [0.1, 0.15) is 5.60 Å². The summed E-state index contributed by atoms with van der Waals surface area (Å²) in [7, 11) is 1.91. The molecular formula is C8H16NO5P. The molecule has 0 aromatic rings. The Bertz CT molecular complexity index is 238. The van der Waals surface area contributed by atoms with Crippen LogP contribution in [0.15, 0.2) is 0 Å². The Morgan fingerprint density at radius 1 is 1.47 bits per heavy atom. The van der Waals surface area contributed by atoms with Gasteiger partial charge in [0, 0.05) is 9.47 Å². The maximum absolute atomic E-state index is 11.2. The van der Waals surface area contributed by atoms with Gasteiger partial charge in [-0.1, -0.05) is 0 Å². The number of carboxylic acid groups (broad SMARTS) is 1. The first kappa shape index (κ1) is 14.1. The SMILES string of the molecule is CC(C)(C)OC(=O)NC(COP)C(=O)O. The second-order valence-electron chi connectivity index (χ2n) is 3.87. The Labute approximate surface area is 90.6 Å². The van der Waals surface area contributed by atoms with E-state index in [9.17, 15) is 9.59 Å². The third kappa shape index (κ3) is 7.11. The number of hydrogen-bond donors (Lipinski definition) is 2. The van der Waals surface area contributed by atoms with Crippen molar-refractivity contribution in [3.63, 3.8) is 0 Å². The monoisotopic (exact) mass is 237 g/mol. The van der Waals surface area contributed by atoms with Crippen LogP contribution in [-0.2, 0) is 14.1 Å². The average molecular weight is 237 g/mol. The Morgan fingerprint density at radius 2 is 2.00 bits per heavy atom. The number of carbonyl (C=O) groups excluding carboxylic acids is 1. The van der Waals surface area contributed by atoms with E-state index in [4.69, 9.17) is 9.84 Å². The molecule has 0 aliphatic rings. The molecule has 0 fully saturated rings. The van der Waals surface area contributed by atoms with Gasteiger partial charge in [-0.15, -0.1) is 0 Å². The summed E-state index contributed by atoms with van der Waals surface area (Å²) in [5.74, 6) is -1.18. The topological polar surface area (TPSA) is 84.9 Å². The number of hydrogen-bond acceptors (Lipinski definition) is 4. The Balaban J connectivity index is 4.18. The molecule has 0 rings (SSSR count). The second kappa shape index (κ2) is 5.88. The minimum Gasteiger partial charge on any atom is -0.480 e. The van der Waals surface area contributed by atoms with Crippen molar-refractivity contribution in [1.82, 2.24) is 5.32 Å². The Morgan fingerprint density at radius 3 is 2.33 bits per heavy atom. The highest BCUT2D eigenvalue weighted by molar-refractivity contribution is 7.09. The lowest BCUT2D eigenvalue weighted by molar-refractivity contribution is -0.140. The molecule has 0 aliphatic carbocycles. The van der Waals surface area contributed by atoms with Gasteiger partial charge in [0.25, 0.3) is 0 Å². The maximum Gasteiger partial charge on any atom is 0.408 e. The van der Waals surface area contributed by atoms with Gasteiger partial charge >= 0.3 is 12.1 Å². The van der Waals surface area contributed by atoms with Gasteiger partial charge in [-0.05, 0) is 20.8 Å². The van der Waals surface area contributed by atoms with E-state index in [0.29, 0.717) is 0 Å². The normalized spacial score (nSPS) is 13.1. The summed E-state index contributed by atoms with van der Waals surface area (Å²) >= 11 is 0. The zero-order valence-electron chi connectivity index (χ0n) is 8.94. The van der Waals surface area contributed by atoms with Crippen molar-refractivity contribution in [1.29, 1.82) is 0 Å². The van der Waals surface area contributed by atoms with Crippen molar-refractivity contribution >= 4 is 21.5 Å². The Hall–Kier alpha value is -0.870. The summed E-state index contributed by atoms with van der Waals surface area (Å²) in [6, 6.07) is -1.11. The molecule has 0 bridgehead atoms. The van der Waals surface area contributed by atoms with Crippen LogP contribution in [0.1, 0.15) is 20.8 Å². The lowest BCUT2D eigenvalue weighted by Crippen LogP contribution is -2.45. The van der Waals surface area contributed by atoms with Gasteiger partial charge < -0.3 is 19.7 Å². The standard InChI is InChI=1S/C8H16NO5P/c1-8(2,3)14-7(12)9-5(4-13-15)6(10)11/h5H,4,15H2,1-3H3,(H,9,12)(H,10,11). The lowest BCUT2D eigenvalue weighted by atomic mass is 10.2. The van der Waals surface area contributed by atoms with Crippen LogP contribution in [0.25, 0.3) is 0 Å². The lowest BCUT2D eigenvalue weighted by Gasteiger charge is -2.21. The molecule has 2 unspecified atom stereocenters. The van der Waals surface area contributed by atoms with Crippen LogP contribution in [0.3, 0.4) is 0 Å². The van der Waals surface area contributed by atoms with Crippen LogP contribution in [0.4, 0.5) is 4.79 Å². The highest BCUT2D eigenvalue weighted by atomic mass is 31.0. The number of carbonyl (C=O) groups is 2. The number of alkyl carbamates (subject to hydrolysis) is 1. The number of aliphatic carboxylic acids is 1. The summed E-state index contributed by atoms with van der Waals surface area (Å²) < 4.78 is 9.45. The highest BCUT2D eigenvalue weighted by Crippen LogP contribution is 2.06. The molecule has 0 radical (unpaired) electrons. The third-order valence-corrected chi connectivity index (χ3v) is 1.44. The van der Waals surface area contributed by atoms with Crippen molar-refractivity contribution in [3.05, 3.63) is 0 Å². The van der Waals surface area contributed by atoms with Gasteiger partial charge in [-0.2, -0.15) is 0 Å². The van der Waals surface area contributed by atoms with Crippen molar-refractivity contribution in [2.45, 2.75) is 32.4 Å². The van der Waals surface area contributed by atoms with E-state index in [1.54, 1.807) is 20.8 Å². The molecule has 2 atom stereocenters. The average Bonchev–Trinajstić information content (AvgIpc) is 1.99. The number of ether oxygens (including phenoxy) is 1. The fourth-order valence-electron chi connectivity index (χ4n) is 0.721. The van der Waals surface area contributed by atoms with Crippen LogP contribution in [-0.4, -0.2) is 35.4 Å². The van der Waals surface area contributed by atoms with Crippen LogP contribution in [0.5, 0.6) is 0 Å². The molecule has 0 saturated heterocycles. The molecule has 0 saturated carbocycles. The van der Waals surface area contributed by atoms with Crippen LogP contribution < -0.4 is 5.32 Å². The van der Waals surface area contributed by atoms with E-state index in [-0.39, 0.29) is 6.61 Å². The van der Waals surface area contributed by atoms with E-state index >= 15 is 0 Å². The van der Waals surface area contributed by atoms with Gasteiger partial charge in [-0.25, -0.2) is 9.59 Å². The molecule has 88 valence electrons. The van der Waals surface area contributed by atoms with Crippen molar-refractivity contribution < 1.29 is 24.0 Å². The summed E-state index contributed by atoms with van der Waals surface area (Å²) in [6.45, 7) is 4.93. The van der Waals surface area contributed by atoms with Crippen molar-refractivity contribution in [2.24, 2.45) is 0 Å². The molecule has 1 amide bonds. The molecule has 15 heavy (non-hydrogen) atoms. The molecule has 7 heteroatoms. The second-order valence-corrected chi connectivity index (χ2v) is 4.20. The van der Waals surface area contributed by atoms with Crippen LogP contribution in [0.2, 0.25) is 0 Å². The minimum absolute atomic E-state index is 0.140. The van der Waals surface area contributed by atoms with Gasteiger partial charge in [0.05, 0.1) is 6.61 Å². The molecule has 2 N–H and O–H groups in total. The number of amides is 1. The molecule has 0 aromatic heterocycles. The molecule has 0 aliphatic heterocycles. The number of rotatable bonds is 4. The predicted molar refractivity (Wildman–Crippen MR) is 56.5 cm³/mol. The number of nitrogens with one attached hydrogen (secondary N) is 1. The van der Waals surface area contributed by atoms with E-state index in [2.05, 4.69) is 9.84 Å². The third-order valence-electron chi connectivity index (χ3n) is 1.25. The first-order valence-electron chi connectivity index (χ1n) is 4.30. The van der Waals surface area contributed by atoms with Gasteiger partial charge in [0.2, 0.25) is 0 Å². The van der Waals surface area contributed by atoms with E-state index in [1.165, 1.54) is 0 Å². The minimum atomic E-state index is -1.18. The first-order chi connectivity index (χ1) is 6.76. The summed E-state index contributed by atoms with van der Waals surface area (Å²) in [5.41, 5.74) is -0.658. The van der Waals surface area contributed by atoms with E-state index in [1.807, 2.05) is 9.47 Å². The molecular weight excluding hydrogens is 221 g/mol. The fourth-order valence-corrected chi connectivity index (χ4v) is 0.913. The zero-order chi connectivity index (χ0) is 12.1. The molecule has 0 spiro atoms. The van der Waals surface area contributed by atoms with Crippen molar-refractivity contribution in [3.8, 4) is 0 Å². The largest absolute Gasteiger partial charge is 0.480 e. The summed E-state index contributed by atoms with van der Waals surface area (Å²) in [4.78, 5) is 21.8.